The third kappa shape index (κ3) is 5.21. The van der Waals surface area contributed by atoms with Gasteiger partial charge in [0.15, 0.2) is 16.6 Å². The minimum absolute atomic E-state index is 0.0339. The molecule has 1 aromatic heterocycles. The van der Waals surface area contributed by atoms with Crippen LogP contribution < -0.4 is 5.48 Å². The first kappa shape index (κ1) is 21.4. The number of hydrogen-bond donors (Lipinski definition) is 2. The summed E-state index contributed by atoms with van der Waals surface area (Å²) in [6.07, 6.45) is 1.88. The predicted octanol–water partition coefficient (Wildman–Crippen LogP) is 4.12. The lowest BCUT2D eigenvalue weighted by Crippen LogP contribution is -2.34. The third-order valence-electron chi connectivity index (χ3n) is 4.25. The molecule has 1 aliphatic heterocycles. The summed E-state index contributed by atoms with van der Waals surface area (Å²) in [5, 5.41) is 17.9. The largest absolute Gasteiger partial charge is 0.307 e. The summed E-state index contributed by atoms with van der Waals surface area (Å²) >= 11 is 4.55. The number of amidine groups is 1. The lowest BCUT2D eigenvalue weighted by Gasteiger charge is -2.34. The van der Waals surface area contributed by atoms with Crippen molar-refractivity contribution in [2.75, 3.05) is 26.4 Å². The first-order valence-electron chi connectivity index (χ1n) is 8.51. The Kier molecular flexibility index (Phi) is 6.93. The van der Waals surface area contributed by atoms with Crippen LogP contribution in [0.1, 0.15) is 18.5 Å². The number of thioether (sulfide) groups is 1. The van der Waals surface area contributed by atoms with Crippen LogP contribution in [0.4, 0.5) is 10.1 Å². The highest BCUT2D eigenvalue weighted by molar-refractivity contribution is 9.10. The smallest absolute Gasteiger partial charge is 0.186 e. The second kappa shape index (κ2) is 9.04. The molecule has 2 N–H and O–H groups in total. The summed E-state index contributed by atoms with van der Waals surface area (Å²) in [4.78, 5) is 4.26. The molecule has 0 aliphatic carbocycles. The highest BCUT2D eigenvalue weighted by Gasteiger charge is 2.29. The molecule has 0 saturated carbocycles. The maximum Gasteiger partial charge on any atom is 0.186 e. The Labute approximate surface area is 174 Å². The van der Waals surface area contributed by atoms with Gasteiger partial charge in [0, 0.05) is 31.7 Å². The molecular formula is C16H20BrFN5O3PS. The van der Waals surface area contributed by atoms with Crippen LogP contribution in [0.15, 0.2) is 37.3 Å². The monoisotopic (exact) mass is 491 g/mol. The van der Waals surface area contributed by atoms with Crippen molar-refractivity contribution < 1.29 is 18.8 Å². The number of hydrogen-bond acceptors (Lipinski definition) is 7. The molecule has 1 aliphatic rings. The summed E-state index contributed by atoms with van der Waals surface area (Å²) < 4.78 is 32.9. The van der Waals surface area contributed by atoms with Gasteiger partial charge in [-0.05, 0) is 57.3 Å². The van der Waals surface area contributed by atoms with Crippen molar-refractivity contribution in [1.29, 1.82) is 0 Å². The average molecular weight is 492 g/mol. The van der Waals surface area contributed by atoms with Crippen molar-refractivity contribution in [3.8, 4) is 0 Å². The van der Waals surface area contributed by atoms with E-state index in [1.165, 1.54) is 30.0 Å². The number of halogens is 2. The predicted molar refractivity (Wildman–Crippen MR) is 109 cm³/mol. The average Bonchev–Trinajstić information content (AvgIpc) is 3.10. The van der Waals surface area contributed by atoms with Crippen LogP contribution in [0, 0.1) is 5.82 Å². The summed E-state index contributed by atoms with van der Waals surface area (Å²) in [5.41, 5.74) is 2.67. The Morgan fingerprint density at radius 2 is 2.29 bits per heavy atom. The maximum absolute atomic E-state index is 13.4. The van der Waals surface area contributed by atoms with E-state index in [4.69, 9.17) is 4.63 Å². The molecule has 12 heteroatoms. The SMILES string of the molecule is CP(C)(=O)N1CCCC(Sc2nonc2C(=Nc2ccc(F)c(Br)c2)NO)C1. The van der Waals surface area contributed by atoms with Crippen molar-refractivity contribution in [2.24, 2.45) is 4.99 Å². The van der Waals surface area contributed by atoms with E-state index >= 15 is 0 Å². The first-order valence-corrected chi connectivity index (χ1v) is 12.7. The lowest BCUT2D eigenvalue weighted by molar-refractivity contribution is 0.234. The fourth-order valence-electron chi connectivity index (χ4n) is 2.83. The zero-order chi connectivity index (χ0) is 20.3. The summed E-state index contributed by atoms with van der Waals surface area (Å²) in [6, 6.07) is 4.21. The first-order chi connectivity index (χ1) is 13.3. The van der Waals surface area contributed by atoms with Gasteiger partial charge in [-0.15, -0.1) is 0 Å². The van der Waals surface area contributed by atoms with Gasteiger partial charge in [0.2, 0.25) is 0 Å². The van der Waals surface area contributed by atoms with Crippen LogP contribution in [-0.2, 0) is 4.57 Å². The van der Waals surface area contributed by atoms with Crippen LogP contribution in [0.3, 0.4) is 0 Å². The highest BCUT2D eigenvalue weighted by Crippen LogP contribution is 2.45. The summed E-state index contributed by atoms with van der Waals surface area (Å²) in [6.45, 7) is 5.02. The molecule has 1 fully saturated rings. The Bertz CT molecular complexity index is 921. The molecule has 1 aromatic carbocycles. The number of nitrogens with zero attached hydrogens (tertiary/aromatic N) is 4. The zero-order valence-electron chi connectivity index (χ0n) is 15.3. The molecule has 28 heavy (non-hydrogen) atoms. The van der Waals surface area contributed by atoms with Crippen molar-refractivity contribution >= 4 is 46.5 Å². The van der Waals surface area contributed by atoms with Crippen LogP contribution in [0.5, 0.6) is 0 Å². The van der Waals surface area contributed by atoms with E-state index in [1.807, 2.05) is 10.2 Å². The third-order valence-corrected chi connectivity index (χ3v) is 7.79. The van der Waals surface area contributed by atoms with E-state index in [0.717, 1.165) is 19.4 Å². The summed E-state index contributed by atoms with van der Waals surface area (Å²) in [5.74, 6) is -0.380. The van der Waals surface area contributed by atoms with E-state index in [-0.39, 0.29) is 21.3 Å². The number of piperidine rings is 1. The topological polar surface area (TPSA) is 104 Å². The van der Waals surface area contributed by atoms with E-state index < -0.39 is 13.1 Å². The fraction of sp³-hybridized carbons (Fsp3) is 0.438. The van der Waals surface area contributed by atoms with Gasteiger partial charge in [0.05, 0.1) is 10.2 Å². The van der Waals surface area contributed by atoms with Gasteiger partial charge >= 0.3 is 0 Å². The number of aromatic nitrogens is 2. The molecule has 3 rings (SSSR count). The quantitative estimate of drug-likeness (QED) is 0.278. The maximum atomic E-state index is 13.4. The molecule has 0 spiro atoms. The molecule has 1 atom stereocenters. The Hall–Kier alpha value is -1.26. The number of aliphatic imine (C=N–C) groups is 1. The fourth-order valence-corrected chi connectivity index (χ4v) is 5.69. The molecule has 0 bridgehead atoms. The number of rotatable bonds is 5. The second-order valence-corrected chi connectivity index (χ2v) is 12.0. The Morgan fingerprint density at radius 1 is 1.50 bits per heavy atom. The van der Waals surface area contributed by atoms with Crippen LogP contribution >= 0.6 is 35.0 Å². The number of nitrogens with one attached hydrogen (secondary N) is 1. The van der Waals surface area contributed by atoms with Gasteiger partial charge in [-0.1, -0.05) is 11.8 Å². The molecular weight excluding hydrogens is 472 g/mol. The van der Waals surface area contributed by atoms with Crippen molar-refractivity contribution in [2.45, 2.75) is 23.1 Å². The normalized spacial score (nSPS) is 19.0. The highest BCUT2D eigenvalue weighted by atomic mass is 79.9. The van der Waals surface area contributed by atoms with Gasteiger partial charge in [0.25, 0.3) is 0 Å². The van der Waals surface area contributed by atoms with Crippen LogP contribution in [0.2, 0.25) is 0 Å². The van der Waals surface area contributed by atoms with Gasteiger partial charge in [0.1, 0.15) is 13.1 Å². The molecule has 8 nitrogen and oxygen atoms in total. The summed E-state index contributed by atoms with van der Waals surface area (Å²) in [7, 11) is -2.31. The molecule has 0 amide bonds. The van der Waals surface area contributed by atoms with E-state index in [2.05, 4.69) is 31.2 Å². The van der Waals surface area contributed by atoms with E-state index in [9.17, 15) is 14.2 Å². The van der Waals surface area contributed by atoms with Crippen LogP contribution in [0.25, 0.3) is 0 Å². The Balaban J connectivity index is 1.80. The van der Waals surface area contributed by atoms with E-state index in [1.54, 1.807) is 13.3 Å². The molecule has 1 saturated heterocycles. The van der Waals surface area contributed by atoms with Crippen molar-refractivity contribution in [3.63, 3.8) is 0 Å². The van der Waals surface area contributed by atoms with E-state index in [0.29, 0.717) is 17.3 Å². The molecule has 0 radical (unpaired) electrons. The standard InChI is InChI=1S/C16H20BrFN5O3PS/c1-27(2,25)23-7-3-4-11(9-23)28-16-14(21-26-22-16)15(20-24)19-10-5-6-13(18)12(17)8-10/h5-6,8,11,24H,3-4,7,9H2,1-2H3,(H,19,20). The van der Waals surface area contributed by atoms with Crippen LogP contribution in [-0.4, -0.2) is 57.7 Å². The molecule has 2 heterocycles. The lowest BCUT2D eigenvalue weighted by atomic mass is 10.2. The van der Waals surface area contributed by atoms with Crippen molar-refractivity contribution in [1.82, 2.24) is 20.5 Å². The minimum Gasteiger partial charge on any atom is -0.307 e. The number of benzene rings is 1. The van der Waals surface area contributed by atoms with Gasteiger partial charge in [-0.3, -0.25) is 15.4 Å². The second-order valence-electron chi connectivity index (χ2n) is 6.68. The molecule has 1 unspecified atom stereocenters. The minimum atomic E-state index is -2.31. The van der Waals surface area contributed by atoms with Gasteiger partial charge in [-0.2, -0.15) is 0 Å². The molecule has 152 valence electrons. The Morgan fingerprint density at radius 3 is 2.96 bits per heavy atom. The molecule has 2 aromatic rings. The van der Waals surface area contributed by atoms with Gasteiger partial charge < -0.3 is 4.57 Å². The van der Waals surface area contributed by atoms with Gasteiger partial charge in [-0.25, -0.2) is 14.0 Å². The van der Waals surface area contributed by atoms with Crippen molar-refractivity contribution in [3.05, 3.63) is 34.2 Å². The zero-order valence-corrected chi connectivity index (χ0v) is 18.6. The number of hydroxylamine groups is 1.